The highest BCUT2D eigenvalue weighted by Gasteiger charge is 2.03. The lowest BCUT2D eigenvalue weighted by molar-refractivity contribution is 0.211. The van der Waals surface area contributed by atoms with Crippen molar-refractivity contribution >= 4 is 0 Å². The second kappa shape index (κ2) is 5.57. The molecule has 1 heterocycles. The SMILES string of the molecule is CC.Cc1nc(OC(C)C)no1. The quantitative estimate of drug-likeness (QED) is 0.686. The Balaban J connectivity index is 0.000000561. The van der Waals surface area contributed by atoms with Crippen LogP contribution >= 0.6 is 0 Å². The third kappa shape index (κ3) is 3.95. The average Bonchev–Trinajstić information content (AvgIpc) is 2.39. The highest BCUT2D eigenvalue weighted by Crippen LogP contribution is 2.04. The van der Waals surface area contributed by atoms with E-state index in [9.17, 15) is 0 Å². The molecule has 0 N–H and O–H groups in total. The zero-order chi connectivity index (χ0) is 9.56. The zero-order valence-electron chi connectivity index (χ0n) is 8.29. The fourth-order valence-electron chi connectivity index (χ4n) is 0.539. The minimum Gasteiger partial charge on any atom is -0.459 e. The minimum atomic E-state index is 0.0944. The number of rotatable bonds is 2. The summed E-state index contributed by atoms with van der Waals surface area (Å²) in [5.41, 5.74) is 0. The molecule has 12 heavy (non-hydrogen) atoms. The van der Waals surface area contributed by atoms with Crippen LogP contribution in [0.25, 0.3) is 0 Å². The fourth-order valence-corrected chi connectivity index (χ4v) is 0.539. The van der Waals surface area contributed by atoms with Crippen LogP contribution in [0.3, 0.4) is 0 Å². The maximum atomic E-state index is 5.12. The molecule has 0 bridgehead atoms. The molecule has 0 aliphatic carbocycles. The molecule has 0 aromatic carbocycles. The van der Waals surface area contributed by atoms with Gasteiger partial charge in [-0.25, -0.2) is 0 Å². The minimum absolute atomic E-state index is 0.0944. The summed E-state index contributed by atoms with van der Waals surface area (Å²) < 4.78 is 9.80. The van der Waals surface area contributed by atoms with Gasteiger partial charge in [0, 0.05) is 6.92 Å². The Bertz CT molecular complexity index is 209. The highest BCUT2D eigenvalue weighted by molar-refractivity contribution is 4.89. The Morgan fingerprint density at radius 1 is 1.33 bits per heavy atom. The molecule has 0 aliphatic rings. The first-order chi connectivity index (χ1) is 5.68. The Morgan fingerprint density at radius 2 is 1.92 bits per heavy atom. The van der Waals surface area contributed by atoms with Crippen molar-refractivity contribution in [2.75, 3.05) is 0 Å². The Labute approximate surface area is 72.9 Å². The summed E-state index contributed by atoms with van der Waals surface area (Å²) in [6.07, 6.45) is 0.0944. The zero-order valence-corrected chi connectivity index (χ0v) is 8.29. The molecular formula is C8H16N2O2. The second-order valence-electron chi connectivity index (χ2n) is 2.26. The predicted molar refractivity (Wildman–Crippen MR) is 46.1 cm³/mol. The lowest BCUT2D eigenvalue weighted by atomic mass is 10.5. The van der Waals surface area contributed by atoms with Crippen molar-refractivity contribution in [3.8, 4) is 6.01 Å². The van der Waals surface area contributed by atoms with Crippen LogP contribution in [-0.2, 0) is 0 Å². The van der Waals surface area contributed by atoms with Crippen molar-refractivity contribution in [3.63, 3.8) is 0 Å². The van der Waals surface area contributed by atoms with Gasteiger partial charge >= 0.3 is 6.01 Å². The molecule has 0 fully saturated rings. The van der Waals surface area contributed by atoms with Crippen LogP contribution in [0.15, 0.2) is 4.52 Å². The van der Waals surface area contributed by atoms with E-state index in [1.807, 2.05) is 27.7 Å². The molecule has 0 aliphatic heterocycles. The van der Waals surface area contributed by atoms with Gasteiger partial charge in [-0.3, -0.25) is 0 Å². The number of hydrogen-bond donors (Lipinski definition) is 0. The molecule has 0 radical (unpaired) electrons. The molecular weight excluding hydrogens is 156 g/mol. The van der Waals surface area contributed by atoms with Crippen molar-refractivity contribution in [2.24, 2.45) is 0 Å². The summed E-state index contributed by atoms with van der Waals surface area (Å²) in [4.78, 5) is 3.85. The van der Waals surface area contributed by atoms with E-state index in [1.165, 1.54) is 0 Å². The van der Waals surface area contributed by atoms with Gasteiger partial charge in [-0.15, -0.1) is 0 Å². The van der Waals surface area contributed by atoms with Crippen molar-refractivity contribution in [1.82, 2.24) is 10.1 Å². The summed E-state index contributed by atoms with van der Waals surface area (Å²) in [5.74, 6) is 0.524. The molecule has 70 valence electrons. The van der Waals surface area contributed by atoms with Crippen LogP contribution in [0.4, 0.5) is 0 Å². The van der Waals surface area contributed by atoms with E-state index in [2.05, 4.69) is 14.7 Å². The van der Waals surface area contributed by atoms with E-state index in [0.717, 1.165) is 0 Å². The van der Waals surface area contributed by atoms with E-state index < -0.39 is 0 Å². The molecule has 0 amide bonds. The van der Waals surface area contributed by atoms with E-state index >= 15 is 0 Å². The van der Waals surface area contributed by atoms with Gasteiger partial charge in [0.2, 0.25) is 5.89 Å². The Morgan fingerprint density at radius 3 is 2.25 bits per heavy atom. The molecule has 1 aromatic heterocycles. The van der Waals surface area contributed by atoms with Gasteiger partial charge in [0.25, 0.3) is 0 Å². The Kier molecular flexibility index (Phi) is 5.08. The highest BCUT2D eigenvalue weighted by atomic mass is 16.6. The molecule has 4 heteroatoms. The number of ether oxygens (including phenoxy) is 1. The average molecular weight is 172 g/mol. The maximum absolute atomic E-state index is 5.12. The molecule has 0 spiro atoms. The number of hydrogen-bond acceptors (Lipinski definition) is 4. The molecule has 0 saturated carbocycles. The van der Waals surface area contributed by atoms with E-state index in [0.29, 0.717) is 11.9 Å². The van der Waals surface area contributed by atoms with E-state index in [4.69, 9.17) is 4.74 Å². The Hall–Kier alpha value is -1.06. The summed E-state index contributed by atoms with van der Waals surface area (Å²) in [6.45, 7) is 9.54. The van der Waals surface area contributed by atoms with Crippen molar-refractivity contribution in [2.45, 2.75) is 40.7 Å². The van der Waals surface area contributed by atoms with Gasteiger partial charge in [-0.1, -0.05) is 13.8 Å². The van der Waals surface area contributed by atoms with Gasteiger partial charge in [0.15, 0.2) is 0 Å². The molecule has 0 atom stereocenters. The normalized spacial score (nSPS) is 9.17. The first-order valence-electron chi connectivity index (χ1n) is 4.15. The van der Waals surface area contributed by atoms with Gasteiger partial charge in [0.05, 0.1) is 6.10 Å². The smallest absolute Gasteiger partial charge is 0.354 e. The molecule has 4 nitrogen and oxygen atoms in total. The molecule has 0 unspecified atom stereocenters. The van der Waals surface area contributed by atoms with E-state index in [1.54, 1.807) is 6.92 Å². The summed E-state index contributed by atoms with van der Waals surface area (Å²) in [6, 6.07) is 0.312. The first-order valence-corrected chi connectivity index (χ1v) is 4.15. The monoisotopic (exact) mass is 172 g/mol. The lowest BCUT2D eigenvalue weighted by Gasteiger charge is -2.01. The van der Waals surface area contributed by atoms with E-state index in [-0.39, 0.29) is 6.10 Å². The number of aromatic nitrogens is 2. The van der Waals surface area contributed by atoms with Crippen LogP contribution < -0.4 is 4.74 Å². The van der Waals surface area contributed by atoms with Crippen molar-refractivity contribution in [1.29, 1.82) is 0 Å². The van der Waals surface area contributed by atoms with Gasteiger partial charge in [-0.2, -0.15) is 4.98 Å². The third-order valence-electron chi connectivity index (χ3n) is 0.850. The topological polar surface area (TPSA) is 48.2 Å². The van der Waals surface area contributed by atoms with Crippen molar-refractivity contribution < 1.29 is 9.26 Å². The maximum Gasteiger partial charge on any atom is 0.354 e. The van der Waals surface area contributed by atoms with Gasteiger partial charge in [-0.05, 0) is 19.0 Å². The van der Waals surface area contributed by atoms with Gasteiger partial charge in [0.1, 0.15) is 0 Å². The van der Waals surface area contributed by atoms with Crippen LogP contribution in [0.2, 0.25) is 0 Å². The predicted octanol–water partition coefficient (Wildman–Crippen LogP) is 2.19. The summed E-state index contributed by atoms with van der Waals surface area (Å²) in [7, 11) is 0. The van der Waals surface area contributed by atoms with Crippen LogP contribution in [-0.4, -0.2) is 16.2 Å². The number of aryl methyl sites for hydroxylation is 1. The lowest BCUT2D eigenvalue weighted by Crippen LogP contribution is -2.06. The fraction of sp³-hybridized carbons (Fsp3) is 0.750. The molecule has 1 aromatic rings. The third-order valence-corrected chi connectivity index (χ3v) is 0.850. The first kappa shape index (κ1) is 10.9. The van der Waals surface area contributed by atoms with Crippen LogP contribution in [0.1, 0.15) is 33.6 Å². The van der Waals surface area contributed by atoms with Crippen molar-refractivity contribution in [3.05, 3.63) is 5.89 Å². The van der Waals surface area contributed by atoms with Crippen LogP contribution in [0, 0.1) is 6.92 Å². The molecule has 0 saturated heterocycles. The summed E-state index contributed by atoms with van der Waals surface area (Å²) >= 11 is 0. The molecule has 1 rings (SSSR count). The van der Waals surface area contributed by atoms with Gasteiger partial charge < -0.3 is 9.26 Å². The largest absolute Gasteiger partial charge is 0.459 e. The summed E-state index contributed by atoms with van der Waals surface area (Å²) in [5, 5.41) is 3.55. The standard InChI is InChI=1S/C6H10N2O2.C2H6/c1-4(2)9-6-7-5(3)10-8-6;1-2/h4H,1-3H3;1-2H3. The number of nitrogens with zero attached hydrogens (tertiary/aromatic N) is 2. The van der Waals surface area contributed by atoms with Crippen LogP contribution in [0.5, 0.6) is 6.01 Å². The second-order valence-corrected chi connectivity index (χ2v) is 2.26.